The quantitative estimate of drug-likeness (QED) is 0.727. The lowest BCUT2D eigenvalue weighted by Crippen LogP contribution is -2.48. The van der Waals surface area contributed by atoms with Gasteiger partial charge in [0.15, 0.2) is 5.76 Å². The summed E-state index contributed by atoms with van der Waals surface area (Å²) < 4.78 is 4.85. The van der Waals surface area contributed by atoms with Gasteiger partial charge in [-0.25, -0.2) is 4.79 Å². The molecule has 0 spiro atoms. The molecule has 6 heteroatoms. The summed E-state index contributed by atoms with van der Waals surface area (Å²) in [5, 5.41) is 5.76. The Hall–Kier alpha value is -1.85. The zero-order valence-corrected chi connectivity index (χ0v) is 7.40. The molecule has 1 aliphatic rings. The van der Waals surface area contributed by atoms with Crippen molar-refractivity contribution in [2.75, 3.05) is 6.54 Å². The summed E-state index contributed by atoms with van der Waals surface area (Å²) in [5.41, 5.74) is 0. The van der Waals surface area contributed by atoms with E-state index in [1.807, 2.05) is 0 Å². The van der Waals surface area contributed by atoms with Crippen LogP contribution in [0, 0.1) is 0 Å². The number of amides is 3. The van der Waals surface area contributed by atoms with Gasteiger partial charge in [-0.15, -0.1) is 0 Å². The number of carbonyl (C=O) groups excluding carboxylic acids is 2. The lowest BCUT2D eigenvalue weighted by Gasteiger charge is -2.25. The van der Waals surface area contributed by atoms with Gasteiger partial charge in [-0.3, -0.25) is 10.1 Å². The molecule has 0 atom stereocenters. The third kappa shape index (κ3) is 1.73. The number of urea groups is 1. The van der Waals surface area contributed by atoms with Gasteiger partial charge in [-0.05, 0) is 0 Å². The highest BCUT2D eigenvalue weighted by Crippen LogP contribution is 2.07. The minimum atomic E-state index is -0.377. The van der Waals surface area contributed by atoms with E-state index in [4.69, 9.17) is 4.52 Å². The van der Waals surface area contributed by atoms with Gasteiger partial charge >= 0.3 is 6.03 Å². The number of imide groups is 1. The van der Waals surface area contributed by atoms with Gasteiger partial charge in [-0.2, -0.15) is 0 Å². The molecule has 0 bridgehead atoms. The Morgan fingerprint density at radius 2 is 2.43 bits per heavy atom. The van der Waals surface area contributed by atoms with Crippen molar-refractivity contribution in [3.05, 3.63) is 18.0 Å². The fourth-order valence-electron chi connectivity index (χ4n) is 1.26. The average molecular weight is 195 g/mol. The Balaban J connectivity index is 1.99. The van der Waals surface area contributed by atoms with Crippen LogP contribution < -0.4 is 5.32 Å². The summed E-state index contributed by atoms with van der Waals surface area (Å²) in [6.07, 6.45) is 1.85. The summed E-state index contributed by atoms with van der Waals surface area (Å²) in [6.45, 7) is 0.768. The molecule has 0 unspecified atom stereocenters. The number of nitrogens with one attached hydrogen (secondary N) is 1. The zero-order valence-electron chi connectivity index (χ0n) is 7.40. The first-order valence-corrected chi connectivity index (χ1v) is 4.24. The summed E-state index contributed by atoms with van der Waals surface area (Å²) in [7, 11) is 0. The van der Waals surface area contributed by atoms with Crippen LogP contribution in [0.15, 0.2) is 16.8 Å². The van der Waals surface area contributed by atoms with Crippen molar-refractivity contribution in [1.29, 1.82) is 0 Å². The molecule has 1 N–H and O–H groups in total. The second-order valence-corrected chi connectivity index (χ2v) is 3.00. The van der Waals surface area contributed by atoms with E-state index < -0.39 is 0 Å². The van der Waals surface area contributed by atoms with Gasteiger partial charge in [0, 0.05) is 19.0 Å². The normalized spacial score (nSPS) is 17.0. The number of rotatable bonds is 2. The Kier molecular flexibility index (Phi) is 2.18. The number of hydrogen-bond donors (Lipinski definition) is 1. The van der Waals surface area contributed by atoms with E-state index in [0.717, 1.165) is 0 Å². The Bertz CT molecular complexity index is 347. The largest absolute Gasteiger partial charge is 0.360 e. The number of carbonyl (C=O) groups is 2. The van der Waals surface area contributed by atoms with Crippen molar-refractivity contribution >= 4 is 11.9 Å². The molecule has 0 saturated carbocycles. The maximum Gasteiger partial charge on any atom is 0.324 e. The smallest absolute Gasteiger partial charge is 0.324 e. The second-order valence-electron chi connectivity index (χ2n) is 3.00. The third-order valence-corrected chi connectivity index (χ3v) is 1.98. The van der Waals surface area contributed by atoms with E-state index in [-0.39, 0.29) is 11.9 Å². The molecule has 1 aromatic rings. The minimum Gasteiger partial charge on any atom is -0.360 e. The van der Waals surface area contributed by atoms with Gasteiger partial charge in [-0.1, -0.05) is 5.16 Å². The highest BCUT2D eigenvalue weighted by Gasteiger charge is 2.23. The fourth-order valence-corrected chi connectivity index (χ4v) is 1.26. The maximum absolute atomic E-state index is 11.3. The van der Waals surface area contributed by atoms with Crippen LogP contribution >= 0.6 is 0 Å². The Labute approximate surface area is 79.8 Å². The van der Waals surface area contributed by atoms with Crippen molar-refractivity contribution in [1.82, 2.24) is 15.4 Å². The van der Waals surface area contributed by atoms with Crippen LogP contribution in [0.25, 0.3) is 0 Å². The summed E-state index contributed by atoms with van der Waals surface area (Å²) in [5.74, 6) is 0.373. The van der Waals surface area contributed by atoms with E-state index in [1.54, 1.807) is 6.07 Å². The van der Waals surface area contributed by atoms with Gasteiger partial charge < -0.3 is 9.42 Å². The monoisotopic (exact) mass is 195 g/mol. The van der Waals surface area contributed by atoms with Gasteiger partial charge in [0.1, 0.15) is 0 Å². The first-order chi connectivity index (χ1) is 6.75. The molecule has 1 aromatic heterocycles. The summed E-state index contributed by atoms with van der Waals surface area (Å²) >= 11 is 0. The van der Waals surface area contributed by atoms with Crippen LogP contribution in [0.1, 0.15) is 12.2 Å². The molecular weight excluding hydrogens is 186 g/mol. The van der Waals surface area contributed by atoms with Crippen LogP contribution in [0.5, 0.6) is 0 Å². The third-order valence-electron chi connectivity index (χ3n) is 1.98. The van der Waals surface area contributed by atoms with Crippen LogP contribution in [-0.4, -0.2) is 28.5 Å². The molecule has 0 aromatic carbocycles. The molecule has 2 rings (SSSR count). The van der Waals surface area contributed by atoms with E-state index >= 15 is 0 Å². The van der Waals surface area contributed by atoms with Gasteiger partial charge in [0.25, 0.3) is 0 Å². The molecule has 1 saturated heterocycles. The average Bonchev–Trinajstić information content (AvgIpc) is 2.62. The number of nitrogens with zero attached hydrogens (tertiary/aromatic N) is 2. The first-order valence-electron chi connectivity index (χ1n) is 4.24. The standard InChI is InChI=1S/C8H9N3O3/c12-7-2-4-11(8(13)10-7)5-6-1-3-9-14-6/h1,3H,2,4-5H2,(H,10,12,13). The topological polar surface area (TPSA) is 75.4 Å². The predicted molar refractivity (Wildman–Crippen MR) is 45.1 cm³/mol. The van der Waals surface area contributed by atoms with E-state index in [1.165, 1.54) is 11.1 Å². The van der Waals surface area contributed by atoms with E-state index in [2.05, 4.69) is 10.5 Å². The molecule has 14 heavy (non-hydrogen) atoms. The second kappa shape index (κ2) is 3.49. The summed E-state index contributed by atoms with van der Waals surface area (Å²) in [6, 6.07) is 1.31. The molecule has 2 heterocycles. The number of aromatic nitrogens is 1. The molecule has 74 valence electrons. The maximum atomic E-state index is 11.3. The molecule has 1 aliphatic heterocycles. The highest BCUT2D eigenvalue weighted by molar-refractivity contribution is 5.96. The summed E-state index contributed by atoms with van der Waals surface area (Å²) in [4.78, 5) is 23.6. The van der Waals surface area contributed by atoms with Crippen molar-refractivity contribution in [3.8, 4) is 0 Å². The first kappa shape index (κ1) is 8.74. The Morgan fingerprint density at radius 3 is 3.07 bits per heavy atom. The van der Waals surface area contributed by atoms with Crippen molar-refractivity contribution < 1.29 is 14.1 Å². The van der Waals surface area contributed by atoms with Crippen molar-refractivity contribution in [2.24, 2.45) is 0 Å². The van der Waals surface area contributed by atoms with Crippen molar-refractivity contribution in [3.63, 3.8) is 0 Å². The van der Waals surface area contributed by atoms with Crippen LogP contribution in [0.4, 0.5) is 4.79 Å². The SMILES string of the molecule is O=C1CCN(Cc2ccno2)C(=O)N1. The van der Waals surface area contributed by atoms with Gasteiger partial charge in [0.2, 0.25) is 5.91 Å². The van der Waals surface area contributed by atoms with Crippen molar-refractivity contribution in [2.45, 2.75) is 13.0 Å². The molecule has 6 nitrogen and oxygen atoms in total. The van der Waals surface area contributed by atoms with E-state index in [0.29, 0.717) is 25.3 Å². The number of hydrogen-bond acceptors (Lipinski definition) is 4. The molecule has 0 aliphatic carbocycles. The van der Waals surface area contributed by atoms with Gasteiger partial charge in [0.05, 0.1) is 12.7 Å². The lowest BCUT2D eigenvalue weighted by molar-refractivity contribution is -0.121. The Morgan fingerprint density at radius 1 is 1.57 bits per heavy atom. The highest BCUT2D eigenvalue weighted by atomic mass is 16.5. The lowest BCUT2D eigenvalue weighted by atomic mass is 10.3. The molecule has 1 fully saturated rings. The fraction of sp³-hybridized carbons (Fsp3) is 0.375. The minimum absolute atomic E-state index is 0.233. The zero-order chi connectivity index (χ0) is 9.97. The predicted octanol–water partition coefficient (Wildman–Crippen LogP) is 0.117. The molecule has 0 radical (unpaired) electrons. The van der Waals surface area contributed by atoms with Crippen LogP contribution in [0.2, 0.25) is 0 Å². The van der Waals surface area contributed by atoms with Crippen LogP contribution in [0.3, 0.4) is 0 Å². The van der Waals surface area contributed by atoms with Crippen LogP contribution in [-0.2, 0) is 11.3 Å². The molecule has 3 amide bonds. The van der Waals surface area contributed by atoms with E-state index in [9.17, 15) is 9.59 Å². The molecular formula is C8H9N3O3.